The van der Waals surface area contributed by atoms with Crippen molar-refractivity contribution in [3.8, 4) is 23.0 Å². The third-order valence-electron chi connectivity index (χ3n) is 5.92. The van der Waals surface area contributed by atoms with Gasteiger partial charge in [-0.1, -0.05) is 37.6 Å². The molecule has 0 fully saturated rings. The van der Waals surface area contributed by atoms with Crippen LogP contribution < -0.4 is 9.47 Å². The molecule has 0 spiro atoms. The molecule has 160 valence electrons. The summed E-state index contributed by atoms with van der Waals surface area (Å²) >= 11 is 0. The van der Waals surface area contributed by atoms with Crippen molar-refractivity contribution in [2.24, 2.45) is 0 Å². The van der Waals surface area contributed by atoms with E-state index in [9.17, 15) is 10.2 Å². The second-order valence-electron chi connectivity index (χ2n) is 8.79. The van der Waals surface area contributed by atoms with Gasteiger partial charge in [0.05, 0.1) is 13.7 Å². The minimum absolute atomic E-state index is 0.0771. The van der Waals surface area contributed by atoms with E-state index >= 15 is 0 Å². The van der Waals surface area contributed by atoms with Gasteiger partial charge in [0, 0.05) is 34.1 Å². The molecular formula is C26H32O4. The van der Waals surface area contributed by atoms with E-state index in [0.29, 0.717) is 18.8 Å². The molecule has 0 aliphatic carbocycles. The van der Waals surface area contributed by atoms with Gasteiger partial charge in [0.1, 0.15) is 23.0 Å². The summed E-state index contributed by atoms with van der Waals surface area (Å²) in [7, 11) is 1.61. The van der Waals surface area contributed by atoms with E-state index in [1.165, 1.54) is 5.57 Å². The van der Waals surface area contributed by atoms with Crippen molar-refractivity contribution in [3.63, 3.8) is 0 Å². The Kier molecular flexibility index (Phi) is 6.16. The van der Waals surface area contributed by atoms with Crippen LogP contribution in [0.15, 0.2) is 48.6 Å². The molecule has 0 aromatic heterocycles. The van der Waals surface area contributed by atoms with Crippen LogP contribution in [0, 0.1) is 0 Å². The maximum Gasteiger partial charge on any atom is 0.129 e. The maximum absolute atomic E-state index is 10.5. The van der Waals surface area contributed by atoms with E-state index in [2.05, 4.69) is 12.7 Å². The third kappa shape index (κ3) is 4.18. The molecule has 1 aliphatic heterocycles. The van der Waals surface area contributed by atoms with Gasteiger partial charge < -0.3 is 19.7 Å². The van der Waals surface area contributed by atoms with Crippen LogP contribution in [0.2, 0.25) is 0 Å². The first-order chi connectivity index (χ1) is 14.2. The van der Waals surface area contributed by atoms with Gasteiger partial charge in [0.2, 0.25) is 0 Å². The number of rotatable bonds is 6. The van der Waals surface area contributed by atoms with Crippen LogP contribution in [0.5, 0.6) is 23.0 Å². The topological polar surface area (TPSA) is 58.9 Å². The van der Waals surface area contributed by atoms with E-state index in [0.717, 1.165) is 34.4 Å². The van der Waals surface area contributed by atoms with Crippen molar-refractivity contribution >= 4 is 0 Å². The molecule has 4 nitrogen and oxygen atoms in total. The highest BCUT2D eigenvalue weighted by atomic mass is 16.5. The number of aromatic hydroxyl groups is 2. The van der Waals surface area contributed by atoms with E-state index < -0.39 is 0 Å². The van der Waals surface area contributed by atoms with Crippen LogP contribution in [0.1, 0.15) is 55.9 Å². The van der Waals surface area contributed by atoms with E-state index in [4.69, 9.17) is 9.47 Å². The molecule has 1 heterocycles. The molecule has 3 rings (SSSR count). The number of phenols is 2. The Morgan fingerprint density at radius 1 is 1.23 bits per heavy atom. The summed E-state index contributed by atoms with van der Waals surface area (Å²) in [6.07, 6.45) is 5.34. The number of phenolic OH excluding ortho intramolecular Hbond substituents is 2. The first-order valence-electron chi connectivity index (χ1n) is 10.3. The lowest BCUT2D eigenvalue weighted by Gasteiger charge is -2.30. The zero-order chi connectivity index (χ0) is 22.1. The molecule has 0 unspecified atom stereocenters. The van der Waals surface area contributed by atoms with Crippen LogP contribution in [-0.2, 0) is 18.3 Å². The molecular weight excluding hydrogens is 376 g/mol. The molecule has 30 heavy (non-hydrogen) atoms. The van der Waals surface area contributed by atoms with E-state index in [-0.39, 0.29) is 22.8 Å². The summed E-state index contributed by atoms with van der Waals surface area (Å²) in [5.41, 5.74) is 4.55. The van der Waals surface area contributed by atoms with Crippen molar-refractivity contribution in [2.75, 3.05) is 13.7 Å². The van der Waals surface area contributed by atoms with Gasteiger partial charge in [-0.15, -0.1) is 6.58 Å². The molecule has 1 atom stereocenters. The quantitative estimate of drug-likeness (QED) is 0.593. The van der Waals surface area contributed by atoms with Gasteiger partial charge in [-0.2, -0.15) is 0 Å². The normalized spacial score (nSPS) is 15.7. The molecule has 0 radical (unpaired) electrons. The monoisotopic (exact) mass is 408 g/mol. The predicted molar refractivity (Wildman–Crippen MR) is 121 cm³/mol. The standard InChI is InChI=1S/C26H32O4/c1-7-26(4,5)21-13-20(24(29-6)14-23(21)28)18-12-17-9-11-22(27)19(10-8-16(2)3)25(17)30-15-18/h7-9,11,13-14,18,27-28H,1,10,12,15H2,2-6H3/t18-/m0/s1. The summed E-state index contributed by atoms with van der Waals surface area (Å²) in [4.78, 5) is 0. The number of methoxy groups -OCH3 is 1. The van der Waals surface area contributed by atoms with E-state index in [1.54, 1.807) is 19.2 Å². The highest BCUT2D eigenvalue weighted by Gasteiger charge is 2.30. The highest BCUT2D eigenvalue weighted by Crippen LogP contribution is 2.44. The second-order valence-corrected chi connectivity index (χ2v) is 8.79. The third-order valence-corrected chi connectivity index (χ3v) is 5.92. The number of allylic oxidation sites excluding steroid dienone is 3. The van der Waals surface area contributed by atoms with Crippen LogP contribution in [0.3, 0.4) is 0 Å². The molecule has 0 bridgehead atoms. The number of benzene rings is 2. The van der Waals surface area contributed by atoms with Crippen molar-refractivity contribution < 1.29 is 19.7 Å². The zero-order valence-corrected chi connectivity index (χ0v) is 18.6. The minimum Gasteiger partial charge on any atom is -0.508 e. The number of ether oxygens (including phenoxy) is 2. The largest absolute Gasteiger partial charge is 0.508 e. The molecule has 0 saturated carbocycles. The molecule has 4 heteroatoms. The molecule has 2 N–H and O–H groups in total. The summed E-state index contributed by atoms with van der Waals surface area (Å²) in [6.45, 7) is 12.5. The second kappa shape index (κ2) is 8.47. The lowest BCUT2D eigenvalue weighted by molar-refractivity contribution is 0.255. The molecule has 2 aromatic rings. The van der Waals surface area contributed by atoms with E-state index in [1.807, 2.05) is 45.9 Å². The van der Waals surface area contributed by atoms with Crippen molar-refractivity contribution in [3.05, 3.63) is 70.8 Å². The SMILES string of the molecule is C=CC(C)(C)c1cc([C@@H]2COc3c(ccc(O)c3CC=C(C)C)C2)c(OC)cc1O. The van der Waals surface area contributed by atoms with Crippen LogP contribution in [0.25, 0.3) is 0 Å². The average Bonchev–Trinajstić information content (AvgIpc) is 2.72. The Labute approximate surface area is 179 Å². The lowest BCUT2D eigenvalue weighted by Crippen LogP contribution is -2.22. The van der Waals surface area contributed by atoms with Gasteiger partial charge >= 0.3 is 0 Å². The summed E-state index contributed by atoms with van der Waals surface area (Å²) < 4.78 is 11.8. The van der Waals surface area contributed by atoms with Crippen molar-refractivity contribution in [1.29, 1.82) is 0 Å². The average molecular weight is 409 g/mol. The lowest BCUT2D eigenvalue weighted by atomic mass is 9.80. The van der Waals surface area contributed by atoms with Gasteiger partial charge in [-0.05, 0) is 44.4 Å². The number of fused-ring (bicyclic) bond motifs is 1. The van der Waals surface area contributed by atoms with Gasteiger partial charge in [-0.3, -0.25) is 0 Å². The van der Waals surface area contributed by atoms with Crippen LogP contribution in [0.4, 0.5) is 0 Å². The van der Waals surface area contributed by atoms with Crippen molar-refractivity contribution in [1.82, 2.24) is 0 Å². The fraction of sp³-hybridized carbons (Fsp3) is 0.385. The molecule has 2 aromatic carbocycles. The Balaban J connectivity index is 2.01. The fourth-order valence-corrected chi connectivity index (χ4v) is 3.93. The van der Waals surface area contributed by atoms with Crippen LogP contribution in [-0.4, -0.2) is 23.9 Å². The molecule has 0 saturated heterocycles. The smallest absolute Gasteiger partial charge is 0.129 e. The number of hydrogen-bond acceptors (Lipinski definition) is 4. The van der Waals surface area contributed by atoms with Gasteiger partial charge in [0.25, 0.3) is 0 Å². The maximum atomic E-state index is 10.5. The first-order valence-corrected chi connectivity index (χ1v) is 10.3. The minimum atomic E-state index is -0.373. The number of hydrogen-bond donors (Lipinski definition) is 2. The Morgan fingerprint density at radius 3 is 2.60 bits per heavy atom. The van der Waals surface area contributed by atoms with Gasteiger partial charge in [-0.25, -0.2) is 0 Å². The fourth-order valence-electron chi connectivity index (χ4n) is 3.93. The Hall–Kier alpha value is -2.88. The summed E-state index contributed by atoms with van der Waals surface area (Å²) in [6, 6.07) is 7.38. The van der Waals surface area contributed by atoms with Crippen LogP contribution >= 0.6 is 0 Å². The predicted octanol–water partition coefficient (Wildman–Crippen LogP) is 5.80. The zero-order valence-electron chi connectivity index (χ0n) is 18.6. The summed E-state index contributed by atoms with van der Waals surface area (Å²) in [5, 5.41) is 20.9. The van der Waals surface area contributed by atoms with Crippen molar-refractivity contribution in [2.45, 2.75) is 51.9 Å². The molecule has 1 aliphatic rings. The summed E-state index contributed by atoms with van der Waals surface area (Å²) in [5.74, 6) is 1.98. The highest BCUT2D eigenvalue weighted by molar-refractivity contribution is 5.55. The Bertz CT molecular complexity index is 981. The Morgan fingerprint density at radius 2 is 1.97 bits per heavy atom. The molecule has 0 amide bonds. The van der Waals surface area contributed by atoms with Gasteiger partial charge in [0.15, 0.2) is 0 Å². The first kappa shape index (κ1) is 21.8.